The molecule has 0 N–H and O–H groups in total. The van der Waals surface area contributed by atoms with Gasteiger partial charge >= 0.3 is 50.5 Å². The highest BCUT2D eigenvalue weighted by atomic mass is 28.4. The van der Waals surface area contributed by atoms with Gasteiger partial charge < -0.3 is 46.4 Å². The lowest BCUT2D eigenvalue weighted by Gasteiger charge is -2.41. The van der Waals surface area contributed by atoms with E-state index in [-0.39, 0.29) is 79.3 Å². The minimum atomic E-state index is -8.38. The number of methoxy groups -OCH3 is 3. The average Bonchev–Trinajstić information content (AvgIpc) is 3.04. The van der Waals surface area contributed by atoms with E-state index in [1.807, 2.05) is 0 Å². The fraction of sp³-hybridized carbons (Fsp3) is 1.00. The summed E-state index contributed by atoms with van der Waals surface area (Å²) in [6.45, 7) is -3.81. The van der Waals surface area contributed by atoms with Gasteiger partial charge in [-0.15, -0.1) is 0 Å². The summed E-state index contributed by atoms with van der Waals surface area (Å²) in [4.78, 5) is 0. The molecule has 0 fully saturated rings. The molecule has 0 aliphatic rings. The lowest BCUT2D eigenvalue weighted by atomic mass is 9.91. The molecule has 52 heavy (non-hydrogen) atoms. The van der Waals surface area contributed by atoms with Gasteiger partial charge in [0.05, 0.1) is 79.3 Å². The molecule has 314 valence electrons. The highest BCUT2D eigenvalue weighted by Crippen LogP contribution is 2.62. The van der Waals surface area contributed by atoms with E-state index >= 15 is 0 Å². The van der Waals surface area contributed by atoms with Crippen LogP contribution in [0, 0.1) is 0 Å². The van der Waals surface area contributed by atoms with Gasteiger partial charge in [0.15, 0.2) is 0 Å². The largest absolute Gasteiger partial charge is 0.501 e. The van der Waals surface area contributed by atoms with E-state index in [4.69, 9.17) is 41.7 Å². The summed E-state index contributed by atoms with van der Waals surface area (Å²) in [7, 11) is 0.254. The predicted molar refractivity (Wildman–Crippen MR) is 148 cm³/mol. The number of hydrogen-bond acceptors (Lipinski definition) is 10. The molecular weight excluding hydrogens is 785 g/mol. The Balaban J connectivity index is 5.86. The Bertz CT molecular complexity index is 925. The molecule has 0 aromatic rings. The molecule has 0 radical (unpaired) electrons. The first kappa shape index (κ1) is 50.8. The molecule has 0 aromatic heterocycles. The molecule has 0 atom stereocenters. The summed E-state index contributed by atoms with van der Waals surface area (Å²) < 4.78 is 254. The molecule has 26 heteroatoms. The maximum absolute atomic E-state index is 14.2. The zero-order chi connectivity index (χ0) is 40.4. The Morgan fingerprint density at radius 3 is 1.04 bits per heavy atom. The second-order valence-electron chi connectivity index (χ2n) is 10.3. The van der Waals surface area contributed by atoms with E-state index < -0.39 is 76.2 Å². The quantitative estimate of drug-likeness (QED) is 0.0475. The molecule has 0 bridgehead atoms. The second-order valence-corrected chi connectivity index (χ2v) is 13.0. The second kappa shape index (κ2) is 22.4. The van der Waals surface area contributed by atoms with Crippen LogP contribution >= 0.6 is 0 Å². The van der Waals surface area contributed by atoms with Gasteiger partial charge in [-0.1, -0.05) is 0 Å². The van der Waals surface area contributed by atoms with Gasteiger partial charge in [-0.25, -0.2) is 0 Å². The summed E-state index contributed by atoms with van der Waals surface area (Å²) in [5.74, 6) is -47.2. The first-order valence-electron chi connectivity index (χ1n) is 14.9. The third-order valence-corrected chi connectivity index (χ3v) is 9.29. The zero-order valence-corrected chi connectivity index (χ0v) is 29.1. The smallest absolute Gasteiger partial charge is 0.382 e. The lowest BCUT2D eigenvalue weighted by molar-refractivity contribution is -0.453. The Morgan fingerprint density at radius 2 is 0.692 bits per heavy atom. The topological polar surface area (TPSA) is 92.3 Å². The Kier molecular flexibility index (Phi) is 21.8. The number of halogens is 15. The summed E-state index contributed by atoms with van der Waals surface area (Å²) in [5, 5.41) is 0. The lowest BCUT2D eigenvalue weighted by Crippen LogP contribution is -2.73. The van der Waals surface area contributed by atoms with Crippen molar-refractivity contribution in [2.24, 2.45) is 0 Å². The van der Waals surface area contributed by atoms with Gasteiger partial charge in [-0.3, -0.25) is 0 Å². The van der Waals surface area contributed by atoms with Crippen molar-refractivity contribution in [2.45, 2.75) is 54.2 Å². The fourth-order valence-corrected chi connectivity index (χ4v) is 5.97. The van der Waals surface area contributed by atoms with E-state index in [9.17, 15) is 65.9 Å². The molecule has 0 aliphatic heterocycles. The van der Waals surface area contributed by atoms with Crippen LogP contribution in [0.2, 0.25) is 6.04 Å². The van der Waals surface area contributed by atoms with Crippen molar-refractivity contribution < 1.29 is 112 Å². The summed E-state index contributed by atoms with van der Waals surface area (Å²) >= 11 is 0. The highest BCUT2D eigenvalue weighted by molar-refractivity contribution is 6.60. The van der Waals surface area contributed by atoms with Gasteiger partial charge in [-0.2, -0.15) is 65.9 Å². The summed E-state index contributed by atoms with van der Waals surface area (Å²) in [6, 6.07) is -0.393. The van der Waals surface area contributed by atoms with Crippen LogP contribution in [0.15, 0.2) is 0 Å². The standard InChI is InChI=1S/C26H41F15O10Si/c1-42-6-9-45-12-15-49-52(50-16-13-46-10-7-43-2,51-17-14-47-11-8-44-3)18-4-5-48-19-20(27,28)21(29,30)22(31,32)23(33,34)24(35,36)25(37,38)26(39,40)41/h4-19H2,1-3H3. The Morgan fingerprint density at radius 1 is 0.365 bits per heavy atom. The predicted octanol–water partition coefficient (Wildman–Crippen LogP) is 5.74. The molecule has 0 saturated carbocycles. The molecule has 0 aliphatic carbocycles. The van der Waals surface area contributed by atoms with Crippen LogP contribution in [0.5, 0.6) is 0 Å². The van der Waals surface area contributed by atoms with Gasteiger partial charge in [-0.05, 0) is 6.42 Å². The molecule has 0 rings (SSSR count). The first-order chi connectivity index (χ1) is 23.9. The number of alkyl halides is 15. The zero-order valence-electron chi connectivity index (χ0n) is 28.1. The van der Waals surface area contributed by atoms with Crippen LogP contribution in [0.4, 0.5) is 65.9 Å². The minimum absolute atomic E-state index is 0.0654. The number of hydrogen-bond donors (Lipinski definition) is 0. The molecule has 0 aromatic carbocycles. The van der Waals surface area contributed by atoms with E-state index in [1.54, 1.807) is 0 Å². The van der Waals surface area contributed by atoms with E-state index in [0.717, 1.165) is 0 Å². The van der Waals surface area contributed by atoms with Crippen LogP contribution in [0.1, 0.15) is 6.42 Å². The minimum Gasteiger partial charge on any atom is -0.382 e. The highest BCUT2D eigenvalue weighted by Gasteiger charge is 2.93. The van der Waals surface area contributed by atoms with Crippen molar-refractivity contribution in [3.05, 3.63) is 0 Å². The maximum Gasteiger partial charge on any atom is 0.501 e. The van der Waals surface area contributed by atoms with Crippen LogP contribution in [0.25, 0.3) is 0 Å². The van der Waals surface area contributed by atoms with Crippen molar-refractivity contribution in [2.75, 3.05) is 114 Å². The first-order valence-corrected chi connectivity index (χ1v) is 16.9. The SMILES string of the molecule is COCCOCCO[Si](CCCOCC(F)(F)C(F)(F)C(F)(F)C(F)(F)C(F)(F)C(F)(F)C(F)(F)F)(OCCOCCOC)OCCOCCOC. The average molecular weight is 827 g/mol. The van der Waals surface area contributed by atoms with Gasteiger partial charge in [0.2, 0.25) is 0 Å². The molecule has 10 nitrogen and oxygen atoms in total. The normalized spacial score (nSPS) is 14.4. The van der Waals surface area contributed by atoms with E-state index in [2.05, 4.69) is 4.74 Å². The van der Waals surface area contributed by atoms with Gasteiger partial charge in [0.1, 0.15) is 6.61 Å². The van der Waals surface area contributed by atoms with Crippen LogP contribution in [-0.4, -0.2) is 164 Å². The molecule has 0 unspecified atom stereocenters. The molecular formula is C26H41F15O10Si. The van der Waals surface area contributed by atoms with E-state index in [1.165, 1.54) is 21.3 Å². The molecule has 0 amide bonds. The molecule has 0 spiro atoms. The van der Waals surface area contributed by atoms with Crippen molar-refractivity contribution >= 4 is 8.80 Å². The van der Waals surface area contributed by atoms with Gasteiger partial charge in [0.25, 0.3) is 0 Å². The van der Waals surface area contributed by atoms with Crippen LogP contribution < -0.4 is 0 Å². The number of ether oxygens (including phenoxy) is 7. The Labute approximate surface area is 289 Å². The van der Waals surface area contributed by atoms with Gasteiger partial charge in [0, 0.05) is 34.0 Å². The van der Waals surface area contributed by atoms with Crippen LogP contribution in [0.3, 0.4) is 0 Å². The molecule has 0 saturated heterocycles. The summed E-state index contributed by atoms with van der Waals surface area (Å²) in [5.41, 5.74) is 0. The third-order valence-electron chi connectivity index (χ3n) is 6.39. The summed E-state index contributed by atoms with van der Waals surface area (Å²) in [6.07, 6.45) is -8.21. The van der Waals surface area contributed by atoms with E-state index in [0.29, 0.717) is 0 Å². The number of rotatable bonds is 32. The fourth-order valence-electron chi connectivity index (χ4n) is 3.52. The van der Waals surface area contributed by atoms with Crippen molar-refractivity contribution in [1.82, 2.24) is 0 Å². The van der Waals surface area contributed by atoms with Crippen LogP contribution in [-0.2, 0) is 46.4 Å². The monoisotopic (exact) mass is 826 g/mol. The molecule has 0 heterocycles. The van der Waals surface area contributed by atoms with Crippen molar-refractivity contribution in [3.8, 4) is 0 Å². The third kappa shape index (κ3) is 13.8. The maximum atomic E-state index is 14.2. The Hall–Kier alpha value is -1.23. The van der Waals surface area contributed by atoms with Crippen molar-refractivity contribution in [1.29, 1.82) is 0 Å². The van der Waals surface area contributed by atoms with Crippen molar-refractivity contribution in [3.63, 3.8) is 0 Å².